The van der Waals surface area contributed by atoms with Crippen LogP contribution in [0.5, 0.6) is 5.75 Å². The molecule has 0 aromatic heterocycles. The number of para-hydroxylation sites is 1. The third-order valence-corrected chi connectivity index (χ3v) is 4.89. The summed E-state index contributed by atoms with van der Waals surface area (Å²) in [4.78, 5) is 13.6. The van der Waals surface area contributed by atoms with Crippen LogP contribution in [0.3, 0.4) is 0 Å². The number of hydrogen-bond donors (Lipinski definition) is 2. The third kappa shape index (κ3) is 2.73. The molecule has 25 heavy (non-hydrogen) atoms. The zero-order valence-electron chi connectivity index (χ0n) is 14.1. The first-order chi connectivity index (χ1) is 12.2. The van der Waals surface area contributed by atoms with Crippen LogP contribution < -0.4 is 20.7 Å². The number of amides is 2. The lowest BCUT2D eigenvalue weighted by Crippen LogP contribution is -2.55. The molecule has 130 valence electrons. The standard InChI is InChI=1S/C19H21N3O3/c1-24-16-8-4-6-12-9-10-14(17(12)16)21-19-22(18(20)23)15-7-3-2-5-13(15)11-25-19/h2-8,14,19,21H,9-11H2,1H3,(H2,20,23). The minimum atomic E-state index is -0.603. The van der Waals surface area contributed by atoms with Crippen molar-refractivity contribution in [2.75, 3.05) is 12.0 Å². The molecule has 0 spiro atoms. The Hall–Kier alpha value is -2.57. The Balaban J connectivity index is 1.64. The number of aryl methyl sites for hydroxylation is 1. The molecule has 3 N–H and O–H groups in total. The van der Waals surface area contributed by atoms with E-state index in [4.69, 9.17) is 15.2 Å². The van der Waals surface area contributed by atoms with Gasteiger partial charge in [-0.1, -0.05) is 30.3 Å². The number of methoxy groups -OCH3 is 1. The number of ether oxygens (including phenoxy) is 2. The Morgan fingerprint density at radius 3 is 2.84 bits per heavy atom. The molecule has 2 unspecified atom stereocenters. The van der Waals surface area contributed by atoms with Gasteiger partial charge in [0.15, 0.2) is 6.35 Å². The van der Waals surface area contributed by atoms with Crippen molar-refractivity contribution in [3.05, 3.63) is 59.2 Å². The molecule has 0 saturated carbocycles. The van der Waals surface area contributed by atoms with E-state index in [1.807, 2.05) is 36.4 Å². The molecule has 2 aromatic carbocycles. The van der Waals surface area contributed by atoms with E-state index in [0.717, 1.165) is 35.4 Å². The van der Waals surface area contributed by atoms with Gasteiger partial charge in [-0.05, 0) is 30.5 Å². The molecule has 2 amide bonds. The highest BCUT2D eigenvalue weighted by atomic mass is 16.5. The summed E-state index contributed by atoms with van der Waals surface area (Å²) in [6.45, 7) is 0.434. The quantitative estimate of drug-likeness (QED) is 0.901. The SMILES string of the molecule is COc1cccc2c1C(NC1OCc3ccccc3N1C(N)=O)CC2. The minimum Gasteiger partial charge on any atom is -0.496 e. The van der Waals surface area contributed by atoms with Crippen LogP contribution in [-0.2, 0) is 17.8 Å². The molecule has 6 heteroatoms. The third-order valence-electron chi connectivity index (χ3n) is 4.89. The van der Waals surface area contributed by atoms with E-state index in [1.54, 1.807) is 7.11 Å². The Bertz CT molecular complexity index is 808. The van der Waals surface area contributed by atoms with Crippen LogP contribution in [0.1, 0.15) is 29.2 Å². The Morgan fingerprint density at radius 1 is 1.24 bits per heavy atom. The second-order valence-corrected chi connectivity index (χ2v) is 6.29. The van der Waals surface area contributed by atoms with Gasteiger partial charge < -0.3 is 15.2 Å². The lowest BCUT2D eigenvalue weighted by molar-refractivity contribution is 0.00400. The zero-order chi connectivity index (χ0) is 17.4. The summed E-state index contributed by atoms with van der Waals surface area (Å²) in [6, 6.07) is 13.2. The van der Waals surface area contributed by atoms with E-state index in [0.29, 0.717) is 6.61 Å². The molecule has 0 saturated heterocycles. The fraction of sp³-hybridized carbons (Fsp3) is 0.316. The number of benzene rings is 2. The molecular formula is C19H21N3O3. The fourth-order valence-corrected chi connectivity index (χ4v) is 3.76. The molecule has 2 aromatic rings. The van der Waals surface area contributed by atoms with Gasteiger partial charge in [0.05, 0.1) is 19.4 Å². The van der Waals surface area contributed by atoms with E-state index < -0.39 is 12.4 Å². The molecule has 1 aliphatic carbocycles. The van der Waals surface area contributed by atoms with Crippen molar-refractivity contribution in [1.82, 2.24) is 5.32 Å². The van der Waals surface area contributed by atoms with Crippen LogP contribution in [0.4, 0.5) is 10.5 Å². The van der Waals surface area contributed by atoms with Gasteiger partial charge in [0, 0.05) is 17.2 Å². The smallest absolute Gasteiger partial charge is 0.322 e. The molecule has 0 fully saturated rings. The Morgan fingerprint density at radius 2 is 2.04 bits per heavy atom. The van der Waals surface area contributed by atoms with Gasteiger partial charge in [-0.25, -0.2) is 4.79 Å². The van der Waals surface area contributed by atoms with E-state index in [9.17, 15) is 4.79 Å². The molecule has 6 nitrogen and oxygen atoms in total. The van der Waals surface area contributed by atoms with Gasteiger partial charge in [-0.2, -0.15) is 0 Å². The average Bonchev–Trinajstić information content (AvgIpc) is 3.04. The second-order valence-electron chi connectivity index (χ2n) is 6.29. The average molecular weight is 339 g/mol. The predicted octanol–water partition coefficient (Wildman–Crippen LogP) is 2.67. The summed E-state index contributed by atoms with van der Waals surface area (Å²) in [5.74, 6) is 0.856. The number of nitrogens with one attached hydrogen (secondary N) is 1. The first-order valence-corrected chi connectivity index (χ1v) is 8.39. The summed E-state index contributed by atoms with van der Waals surface area (Å²) < 4.78 is 11.4. The molecule has 4 rings (SSSR count). The van der Waals surface area contributed by atoms with Crippen LogP contribution in [0.15, 0.2) is 42.5 Å². The van der Waals surface area contributed by atoms with Gasteiger partial charge >= 0.3 is 6.03 Å². The molecule has 0 radical (unpaired) electrons. The normalized spacial score (nSPS) is 21.6. The number of rotatable bonds is 3. The highest BCUT2D eigenvalue weighted by Crippen LogP contribution is 2.39. The lowest BCUT2D eigenvalue weighted by atomic mass is 10.1. The number of primary amides is 1. The number of nitrogens with two attached hydrogens (primary N) is 1. The summed E-state index contributed by atoms with van der Waals surface area (Å²) in [5, 5.41) is 3.44. The fourth-order valence-electron chi connectivity index (χ4n) is 3.76. The number of hydrogen-bond acceptors (Lipinski definition) is 4. The Labute approximate surface area is 146 Å². The van der Waals surface area contributed by atoms with Crippen LogP contribution in [0.25, 0.3) is 0 Å². The predicted molar refractivity (Wildman–Crippen MR) is 94.3 cm³/mol. The monoisotopic (exact) mass is 339 g/mol. The molecule has 1 heterocycles. The van der Waals surface area contributed by atoms with Gasteiger partial charge in [-0.15, -0.1) is 0 Å². The largest absolute Gasteiger partial charge is 0.496 e. The number of anilines is 1. The molecule has 2 atom stereocenters. The summed E-state index contributed by atoms with van der Waals surface area (Å²) in [5.41, 5.74) is 9.78. The van der Waals surface area contributed by atoms with Crippen LogP contribution >= 0.6 is 0 Å². The number of carbonyl (C=O) groups excluding carboxylic acids is 1. The van der Waals surface area contributed by atoms with Crippen molar-refractivity contribution in [2.45, 2.75) is 31.8 Å². The molecule has 1 aliphatic heterocycles. The van der Waals surface area contributed by atoms with E-state index in [-0.39, 0.29) is 6.04 Å². The van der Waals surface area contributed by atoms with Gasteiger partial charge in [0.2, 0.25) is 0 Å². The lowest BCUT2D eigenvalue weighted by Gasteiger charge is -2.37. The number of carbonyl (C=O) groups is 1. The summed E-state index contributed by atoms with van der Waals surface area (Å²) in [7, 11) is 1.67. The van der Waals surface area contributed by atoms with Crippen LogP contribution in [0, 0.1) is 0 Å². The molecule has 0 bridgehead atoms. The number of fused-ring (bicyclic) bond motifs is 2. The maximum atomic E-state index is 12.1. The second kappa shape index (κ2) is 6.38. The summed E-state index contributed by atoms with van der Waals surface area (Å²) >= 11 is 0. The maximum absolute atomic E-state index is 12.1. The minimum absolute atomic E-state index is 0.0447. The first-order valence-electron chi connectivity index (χ1n) is 8.39. The van der Waals surface area contributed by atoms with E-state index in [2.05, 4.69) is 11.4 Å². The van der Waals surface area contributed by atoms with Crippen LogP contribution in [0.2, 0.25) is 0 Å². The highest BCUT2D eigenvalue weighted by Gasteiger charge is 2.35. The van der Waals surface area contributed by atoms with Crippen LogP contribution in [-0.4, -0.2) is 19.5 Å². The number of urea groups is 1. The van der Waals surface area contributed by atoms with Crippen molar-refractivity contribution in [2.24, 2.45) is 5.73 Å². The zero-order valence-corrected chi connectivity index (χ0v) is 14.1. The van der Waals surface area contributed by atoms with Gasteiger partial charge in [-0.3, -0.25) is 10.2 Å². The summed E-state index contributed by atoms with van der Waals surface area (Å²) in [6.07, 6.45) is 1.28. The molecular weight excluding hydrogens is 318 g/mol. The first kappa shape index (κ1) is 15.9. The van der Waals surface area contributed by atoms with Crippen molar-refractivity contribution < 1.29 is 14.3 Å². The topological polar surface area (TPSA) is 76.8 Å². The van der Waals surface area contributed by atoms with Gasteiger partial charge in [0.1, 0.15) is 5.75 Å². The van der Waals surface area contributed by atoms with E-state index in [1.165, 1.54) is 10.5 Å². The van der Waals surface area contributed by atoms with Crippen molar-refractivity contribution in [3.8, 4) is 5.75 Å². The highest BCUT2D eigenvalue weighted by molar-refractivity contribution is 5.92. The van der Waals surface area contributed by atoms with Gasteiger partial charge in [0.25, 0.3) is 0 Å². The van der Waals surface area contributed by atoms with Crippen molar-refractivity contribution in [3.63, 3.8) is 0 Å². The Kier molecular flexibility index (Phi) is 4.07. The van der Waals surface area contributed by atoms with Crippen molar-refractivity contribution in [1.29, 1.82) is 0 Å². The number of nitrogens with zero attached hydrogens (tertiary/aromatic N) is 1. The molecule has 2 aliphatic rings. The van der Waals surface area contributed by atoms with Crippen molar-refractivity contribution >= 4 is 11.7 Å². The maximum Gasteiger partial charge on any atom is 0.322 e. The van der Waals surface area contributed by atoms with E-state index >= 15 is 0 Å².